The van der Waals surface area contributed by atoms with Crippen LogP contribution in [-0.4, -0.2) is 5.75 Å². The Bertz CT molecular complexity index is 581. The fourth-order valence-electron chi connectivity index (χ4n) is 1.74. The summed E-state index contributed by atoms with van der Waals surface area (Å²) < 4.78 is 0. The Hall–Kier alpha value is -1.46. The van der Waals surface area contributed by atoms with E-state index in [-0.39, 0.29) is 5.41 Å². The molecule has 2 rings (SSSR count). The third kappa shape index (κ3) is 3.27. The van der Waals surface area contributed by atoms with Crippen molar-refractivity contribution in [3.8, 4) is 6.07 Å². The third-order valence-electron chi connectivity index (χ3n) is 3.02. The minimum atomic E-state index is -0.218. The fraction of sp³-hybridized carbons (Fsp3) is 0.312. The molecule has 0 atom stereocenters. The van der Waals surface area contributed by atoms with E-state index in [0.29, 0.717) is 0 Å². The number of thioether (sulfide) groups is 1. The van der Waals surface area contributed by atoms with Gasteiger partial charge in [-0.25, -0.2) is 0 Å². The van der Waals surface area contributed by atoms with Crippen molar-refractivity contribution in [3.05, 3.63) is 42.5 Å². The van der Waals surface area contributed by atoms with E-state index in [1.165, 1.54) is 15.7 Å². The Morgan fingerprint density at radius 1 is 1.11 bits per heavy atom. The highest BCUT2D eigenvalue weighted by Gasteiger charge is 2.15. The van der Waals surface area contributed by atoms with E-state index in [9.17, 15) is 0 Å². The normalized spacial score (nSPS) is 11.4. The van der Waals surface area contributed by atoms with Crippen molar-refractivity contribution >= 4 is 22.5 Å². The van der Waals surface area contributed by atoms with Crippen LogP contribution in [0.3, 0.4) is 0 Å². The standard InChI is InChI=1S/C16H17NS/c1-16(2,12-17)9-10-18-15-8-7-13-5-3-4-6-14(13)11-15/h3-8,11H,9-10H2,1-2H3. The van der Waals surface area contributed by atoms with Crippen molar-refractivity contribution in [3.63, 3.8) is 0 Å². The first-order chi connectivity index (χ1) is 8.61. The molecule has 92 valence electrons. The van der Waals surface area contributed by atoms with Crippen LogP contribution in [0.5, 0.6) is 0 Å². The summed E-state index contributed by atoms with van der Waals surface area (Å²) in [6.45, 7) is 3.99. The molecule has 0 radical (unpaired) electrons. The largest absolute Gasteiger partial charge is 0.198 e. The maximum Gasteiger partial charge on any atom is 0.0684 e. The highest BCUT2D eigenvalue weighted by Crippen LogP contribution is 2.28. The van der Waals surface area contributed by atoms with Crippen molar-refractivity contribution in [2.45, 2.75) is 25.2 Å². The molecule has 0 saturated heterocycles. The van der Waals surface area contributed by atoms with Gasteiger partial charge >= 0.3 is 0 Å². The zero-order valence-electron chi connectivity index (χ0n) is 10.8. The summed E-state index contributed by atoms with van der Waals surface area (Å²) in [5.74, 6) is 0.985. The summed E-state index contributed by atoms with van der Waals surface area (Å²) in [7, 11) is 0. The number of rotatable bonds is 4. The van der Waals surface area contributed by atoms with Crippen molar-refractivity contribution in [2.75, 3.05) is 5.75 Å². The zero-order valence-corrected chi connectivity index (χ0v) is 11.6. The molecule has 0 unspecified atom stereocenters. The molecule has 0 saturated carbocycles. The van der Waals surface area contributed by atoms with E-state index < -0.39 is 0 Å². The molecule has 0 heterocycles. The Kier molecular flexibility index (Phi) is 3.93. The number of hydrogen-bond acceptors (Lipinski definition) is 2. The summed E-state index contributed by atoms with van der Waals surface area (Å²) in [5.41, 5.74) is -0.218. The van der Waals surface area contributed by atoms with Crippen LogP contribution in [-0.2, 0) is 0 Å². The molecule has 0 aliphatic rings. The monoisotopic (exact) mass is 255 g/mol. The van der Waals surface area contributed by atoms with Gasteiger partial charge in [0.25, 0.3) is 0 Å². The van der Waals surface area contributed by atoms with Gasteiger partial charge < -0.3 is 0 Å². The second kappa shape index (κ2) is 5.46. The second-order valence-electron chi connectivity index (χ2n) is 5.10. The number of nitrogens with zero attached hydrogens (tertiary/aromatic N) is 1. The molecular weight excluding hydrogens is 238 g/mol. The molecule has 0 spiro atoms. The predicted molar refractivity (Wildman–Crippen MR) is 78.7 cm³/mol. The maximum atomic E-state index is 8.97. The zero-order chi connectivity index (χ0) is 13.0. The lowest BCUT2D eigenvalue weighted by atomic mass is 9.93. The first-order valence-corrected chi connectivity index (χ1v) is 7.12. The third-order valence-corrected chi connectivity index (χ3v) is 4.01. The van der Waals surface area contributed by atoms with Gasteiger partial charge in [0.1, 0.15) is 0 Å². The van der Waals surface area contributed by atoms with Gasteiger partial charge in [-0.05, 0) is 48.9 Å². The molecule has 0 bridgehead atoms. The van der Waals surface area contributed by atoms with Gasteiger partial charge in [-0.1, -0.05) is 30.3 Å². The van der Waals surface area contributed by atoms with Crippen LogP contribution in [0.4, 0.5) is 0 Å². The maximum absolute atomic E-state index is 8.97. The lowest BCUT2D eigenvalue weighted by Crippen LogP contribution is -2.08. The van der Waals surface area contributed by atoms with Crippen molar-refractivity contribution in [1.82, 2.24) is 0 Å². The molecule has 0 aliphatic heterocycles. The predicted octanol–water partition coefficient (Wildman–Crippen LogP) is 4.87. The van der Waals surface area contributed by atoms with Crippen LogP contribution < -0.4 is 0 Å². The van der Waals surface area contributed by atoms with Gasteiger partial charge in [0.15, 0.2) is 0 Å². The average molecular weight is 255 g/mol. The van der Waals surface area contributed by atoms with Gasteiger partial charge in [0, 0.05) is 4.90 Å². The van der Waals surface area contributed by atoms with Crippen LogP contribution >= 0.6 is 11.8 Å². The van der Waals surface area contributed by atoms with Crippen LogP contribution in [0.15, 0.2) is 47.4 Å². The highest BCUT2D eigenvalue weighted by atomic mass is 32.2. The second-order valence-corrected chi connectivity index (χ2v) is 6.27. The molecule has 1 nitrogen and oxygen atoms in total. The van der Waals surface area contributed by atoms with E-state index in [4.69, 9.17) is 5.26 Å². The Labute approximate surface area is 113 Å². The fourth-order valence-corrected chi connectivity index (χ4v) is 2.96. The summed E-state index contributed by atoms with van der Waals surface area (Å²) in [6.07, 6.45) is 0.918. The van der Waals surface area contributed by atoms with E-state index >= 15 is 0 Å². The molecule has 2 aromatic carbocycles. The number of hydrogen-bond donors (Lipinski definition) is 0. The van der Waals surface area contributed by atoms with Crippen molar-refractivity contribution in [1.29, 1.82) is 5.26 Å². The van der Waals surface area contributed by atoms with E-state index in [1.54, 1.807) is 0 Å². The Balaban J connectivity index is 2.03. The molecular formula is C16H17NS. The van der Waals surface area contributed by atoms with Gasteiger partial charge in [0.2, 0.25) is 0 Å². The summed E-state index contributed by atoms with van der Waals surface area (Å²) in [4.78, 5) is 1.28. The van der Waals surface area contributed by atoms with Crippen LogP contribution in [0, 0.1) is 16.7 Å². The average Bonchev–Trinajstić information content (AvgIpc) is 2.38. The molecule has 0 N–H and O–H groups in total. The SMILES string of the molecule is CC(C)(C#N)CCSc1ccc2ccccc2c1. The Morgan fingerprint density at radius 3 is 2.56 bits per heavy atom. The molecule has 2 heteroatoms. The lowest BCUT2D eigenvalue weighted by Gasteiger charge is -2.14. The molecule has 2 aromatic rings. The van der Waals surface area contributed by atoms with Crippen LogP contribution in [0.1, 0.15) is 20.3 Å². The molecule has 18 heavy (non-hydrogen) atoms. The van der Waals surface area contributed by atoms with Crippen molar-refractivity contribution < 1.29 is 0 Å². The lowest BCUT2D eigenvalue weighted by molar-refractivity contribution is 0.482. The first kappa shape index (κ1) is 13.0. The van der Waals surface area contributed by atoms with E-state index in [0.717, 1.165) is 12.2 Å². The Morgan fingerprint density at radius 2 is 1.83 bits per heavy atom. The minimum absolute atomic E-state index is 0.218. The minimum Gasteiger partial charge on any atom is -0.198 e. The van der Waals surface area contributed by atoms with Crippen LogP contribution in [0.25, 0.3) is 10.8 Å². The number of benzene rings is 2. The molecule has 0 fully saturated rings. The van der Waals surface area contributed by atoms with Crippen molar-refractivity contribution in [2.24, 2.45) is 5.41 Å². The van der Waals surface area contributed by atoms with Gasteiger partial charge in [-0.3, -0.25) is 0 Å². The van der Waals surface area contributed by atoms with Gasteiger partial charge in [-0.2, -0.15) is 5.26 Å². The van der Waals surface area contributed by atoms with E-state index in [1.807, 2.05) is 25.6 Å². The quantitative estimate of drug-likeness (QED) is 0.728. The van der Waals surface area contributed by atoms with Crippen LogP contribution in [0.2, 0.25) is 0 Å². The topological polar surface area (TPSA) is 23.8 Å². The molecule has 0 aromatic heterocycles. The van der Waals surface area contributed by atoms with Gasteiger partial charge in [0.05, 0.1) is 11.5 Å². The van der Waals surface area contributed by atoms with E-state index in [2.05, 4.69) is 48.5 Å². The van der Waals surface area contributed by atoms with Gasteiger partial charge in [-0.15, -0.1) is 11.8 Å². The summed E-state index contributed by atoms with van der Waals surface area (Å²) in [5, 5.41) is 11.5. The smallest absolute Gasteiger partial charge is 0.0684 e. The molecule has 0 aliphatic carbocycles. The molecule has 0 amide bonds. The highest BCUT2D eigenvalue weighted by molar-refractivity contribution is 7.99. The number of nitriles is 1. The summed E-state index contributed by atoms with van der Waals surface area (Å²) >= 11 is 1.83. The first-order valence-electron chi connectivity index (χ1n) is 6.14. The number of fused-ring (bicyclic) bond motifs is 1. The summed E-state index contributed by atoms with van der Waals surface area (Å²) in [6, 6.07) is 17.3.